The molecule has 1 heteroatoms. The third-order valence-corrected chi connectivity index (χ3v) is 4.45. The molecule has 1 nitrogen and oxygen atoms in total. The van der Waals surface area contributed by atoms with Crippen LogP contribution in [-0.2, 0) is 6.42 Å². The highest BCUT2D eigenvalue weighted by Crippen LogP contribution is 2.38. The van der Waals surface area contributed by atoms with E-state index in [4.69, 9.17) is 0 Å². The lowest BCUT2D eigenvalue weighted by Gasteiger charge is -2.37. The molecule has 0 spiro atoms. The minimum Gasteiger partial charge on any atom is -0.390 e. The van der Waals surface area contributed by atoms with Crippen LogP contribution in [0.5, 0.6) is 0 Å². The maximum absolute atomic E-state index is 10.8. The number of hydrogen-bond acceptors (Lipinski definition) is 1. The Balaban J connectivity index is 1.87. The molecule has 0 bridgehead atoms. The van der Waals surface area contributed by atoms with Crippen LogP contribution in [0, 0.1) is 11.8 Å². The van der Waals surface area contributed by atoms with Crippen LogP contribution in [-0.4, -0.2) is 10.7 Å². The van der Waals surface area contributed by atoms with Crippen LogP contribution >= 0.6 is 0 Å². The Morgan fingerprint density at radius 1 is 1.26 bits per heavy atom. The van der Waals surface area contributed by atoms with Gasteiger partial charge < -0.3 is 5.11 Å². The first-order valence-corrected chi connectivity index (χ1v) is 7.84. The quantitative estimate of drug-likeness (QED) is 0.821. The molecule has 19 heavy (non-hydrogen) atoms. The van der Waals surface area contributed by atoms with Crippen molar-refractivity contribution >= 4 is 0 Å². The first kappa shape index (κ1) is 14.6. The van der Waals surface area contributed by atoms with Crippen LogP contribution in [0.2, 0.25) is 0 Å². The van der Waals surface area contributed by atoms with E-state index in [1.807, 2.05) is 0 Å². The van der Waals surface area contributed by atoms with Crippen molar-refractivity contribution in [1.82, 2.24) is 0 Å². The van der Waals surface area contributed by atoms with Gasteiger partial charge in [-0.05, 0) is 49.5 Å². The highest BCUT2D eigenvalue weighted by molar-refractivity contribution is 5.15. The lowest BCUT2D eigenvalue weighted by molar-refractivity contribution is -0.0259. The van der Waals surface area contributed by atoms with Gasteiger partial charge in [0.1, 0.15) is 0 Å². The molecule has 1 aliphatic carbocycles. The summed E-state index contributed by atoms with van der Waals surface area (Å²) < 4.78 is 0. The van der Waals surface area contributed by atoms with Crippen molar-refractivity contribution in [3.05, 3.63) is 35.9 Å². The van der Waals surface area contributed by atoms with Gasteiger partial charge in [0.2, 0.25) is 0 Å². The van der Waals surface area contributed by atoms with Crippen LogP contribution in [0.15, 0.2) is 30.3 Å². The summed E-state index contributed by atoms with van der Waals surface area (Å²) in [4.78, 5) is 0. The molecule has 1 fully saturated rings. The molecule has 1 aromatic rings. The normalized spacial score (nSPS) is 27.7. The third-order valence-electron chi connectivity index (χ3n) is 4.45. The Morgan fingerprint density at radius 2 is 2.00 bits per heavy atom. The topological polar surface area (TPSA) is 20.2 Å². The molecule has 0 aromatic heterocycles. The summed E-state index contributed by atoms with van der Waals surface area (Å²) in [5.41, 5.74) is 0.940. The highest BCUT2D eigenvalue weighted by Gasteiger charge is 2.33. The monoisotopic (exact) mass is 260 g/mol. The molecule has 2 atom stereocenters. The van der Waals surface area contributed by atoms with E-state index in [-0.39, 0.29) is 0 Å². The van der Waals surface area contributed by atoms with E-state index in [0.29, 0.717) is 0 Å². The molecule has 2 unspecified atom stereocenters. The molecule has 1 N–H and O–H groups in total. The van der Waals surface area contributed by atoms with Crippen LogP contribution < -0.4 is 0 Å². The Labute approximate surface area is 118 Å². The highest BCUT2D eigenvalue weighted by atomic mass is 16.3. The average molecular weight is 260 g/mol. The first-order valence-electron chi connectivity index (χ1n) is 7.84. The van der Waals surface area contributed by atoms with Gasteiger partial charge in [0.15, 0.2) is 0 Å². The molecule has 0 radical (unpaired) electrons. The van der Waals surface area contributed by atoms with Crippen molar-refractivity contribution in [2.45, 2.75) is 64.4 Å². The molecular formula is C18H28O. The van der Waals surface area contributed by atoms with E-state index >= 15 is 0 Å². The Kier molecular flexibility index (Phi) is 5.04. The van der Waals surface area contributed by atoms with Crippen molar-refractivity contribution in [3.8, 4) is 0 Å². The lowest BCUT2D eigenvalue weighted by atomic mass is 9.73. The minimum absolute atomic E-state index is 0.409. The minimum atomic E-state index is -0.409. The second kappa shape index (κ2) is 6.56. The first-order chi connectivity index (χ1) is 9.07. The van der Waals surface area contributed by atoms with Gasteiger partial charge in [-0.15, -0.1) is 0 Å². The molecular weight excluding hydrogens is 232 g/mol. The molecule has 2 rings (SSSR count). The van der Waals surface area contributed by atoms with Crippen LogP contribution in [0.25, 0.3) is 0 Å². The largest absolute Gasteiger partial charge is 0.390 e. The third kappa shape index (κ3) is 4.65. The SMILES string of the molecule is CC(C)CC1CCCC(O)(CCc2ccccc2)C1. The van der Waals surface area contributed by atoms with Gasteiger partial charge in [0, 0.05) is 0 Å². The molecule has 1 aromatic carbocycles. The van der Waals surface area contributed by atoms with Gasteiger partial charge in [0.25, 0.3) is 0 Å². The average Bonchev–Trinajstić information content (AvgIpc) is 2.37. The van der Waals surface area contributed by atoms with E-state index in [1.54, 1.807) is 0 Å². The van der Waals surface area contributed by atoms with Gasteiger partial charge in [-0.25, -0.2) is 0 Å². The summed E-state index contributed by atoms with van der Waals surface area (Å²) in [6, 6.07) is 10.6. The zero-order valence-electron chi connectivity index (χ0n) is 12.4. The fourth-order valence-electron chi connectivity index (χ4n) is 3.58. The summed E-state index contributed by atoms with van der Waals surface area (Å²) in [6.07, 6.45) is 7.71. The number of benzene rings is 1. The zero-order valence-corrected chi connectivity index (χ0v) is 12.4. The summed E-state index contributed by atoms with van der Waals surface area (Å²) in [5.74, 6) is 1.48. The molecule has 0 saturated heterocycles. The Bertz CT molecular complexity index is 371. The number of rotatable bonds is 5. The van der Waals surface area contributed by atoms with Gasteiger partial charge in [0.05, 0.1) is 5.60 Å². The van der Waals surface area contributed by atoms with E-state index in [9.17, 15) is 5.11 Å². The van der Waals surface area contributed by atoms with E-state index < -0.39 is 5.60 Å². The number of aryl methyl sites for hydroxylation is 1. The van der Waals surface area contributed by atoms with Crippen molar-refractivity contribution in [2.24, 2.45) is 11.8 Å². The van der Waals surface area contributed by atoms with Crippen molar-refractivity contribution in [3.63, 3.8) is 0 Å². The predicted octanol–water partition coefficient (Wildman–Crippen LogP) is 4.59. The molecule has 1 aliphatic rings. The smallest absolute Gasteiger partial charge is 0.0653 e. The van der Waals surface area contributed by atoms with E-state index in [1.165, 1.54) is 24.8 Å². The van der Waals surface area contributed by atoms with Crippen LogP contribution in [0.1, 0.15) is 57.9 Å². The van der Waals surface area contributed by atoms with Crippen molar-refractivity contribution in [2.75, 3.05) is 0 Å². The fourth-order valence-corrected chi connectivity index (χ4v) is 3.58. The summed E-state index contributed by atoms with van der Waals surface area (Å²) >= 11 is 0. The summed E-state index contributed by atoms with van der Waals surface area (Å²) in [7, 11) is 0. The number of aliphatic hydroxyl groups is 1. The van der Waals surface area contributed by atoms with Crippen LogP contribution in [0.3, 0.4) is 0 Å². The zero-order chi connectivity index (χ0) is 13.7. The Morgan fingerprint density at radius 3 is 2.68 bits per heavy atom. The molecule has 1 saturated carbocycles. The van der Waals surface area contributed by atoms with Gasteiger partial charge in [-0.3, -0.25) is 0 Å². The maximum atomic E-state index is 10.8. The summed E-state index contributed by atoms with van der Waals surface area (Å²) in [5, 5.41) is 10.8. The molecule has 0 amide bonds. The standard InChI is InChI=1S/C18H28O/c1-15(2)13-17-9-6-11-18(19,14-17)12-10-16-7-4-3-5-8-16/h3-5,7-8,15,17,19H,6,9-14H2,1-2H3. The predicted molar refractivity (Wildman–Crippen MR) is 81.1 cm³/mol. The van der Waals surface area contributed by atoms with Gasteiger partial charge >= 0.3 is 0 Å². The van der Waals surface area contributed by atoms with Crippen molar-refractivity contribution in [1.29, 1.82) is 0 Å². The van der Waals surface area contributed by atoms with Crippen LogP contribution in [0.4, 0.5) is 0 Å². The van der Waals surface area contributed by atoms with Gasteiger partial charge in [-0.2, -0.15) is 0 Å². The molecule has 106 valence electrons. The summed E-state index contributed by atoms with van der Waals surface area (Å²) in [6.45, 7) is 4.58. The maximum Gasteiger partial charge on any atom is 0.0653 e. The molecule has 0 aliphatic heterocycles. The molecule has 0 heterocycles. The van der Waals surface area contributed by atoms with E-state index in [2.05, 4.69) is 44.2 Å². The fraction of sp³-hybridized carbons (Fsp3) is 0.667. The lowest BCUT2D eigenvalue weighted by Crippen LogP contribution is -2.36. The second-order valence-corrected chi connectivity index (χ2v) is 6.80. The second-order valence-electron chi connectivity index (χ2n) is 6.80. The van der Waals surface area contributed by atoms with Crippen molar-refractivity contribution < 1.29 is 5.11 Å². The van der Waals surface area contributed by atoms with Gasteiger partial charge in [-0.1, -0.05) is 57.0 Å². The Hall–Kier alpha value is -0.820. The van der Waals surface area contributed by atoms with E-state index in [0.717, 1.165) is 37.5 Å². The number of hydrogen-bond donors (Lipinski definition) is 1.